The van der Waals surface area contributed by atoms with Gasteiger partial charge in [-0.05, 0) is 48.9 Å². The number of amides is 2. The second-order valence-corrected chi connectivity index (χ2v) is 8.60. The highest BCUT2D eigenvalue weighted by Gasteiger charge is 2.34. The number of cyclic esters (lactones) is 1. The summed E-state index contributed by atoms with van der Waals surface area (Å²) >= 11 is 0. The number of primary amides is 1. The second kappa shape index (κ2) is 9.66. The molecular formula is C24H26N8O4. The zero-order chi connectivity index (χ0) is 25.2. The first-order valence-corrected chi connectivity index (χ1v) is 11.4. The summed E-state index contributed by atoms with van der Waals surface area (Å²) in [6.07, 6.45) is 1.03. The molecule has 1 aromatic heterocycles. The molecule has 0 bridgehead atoms. The van der Waals surface area contributed by atoms with Crippen molar-refractivity contribution in [3.63, 3.8) is 0 Å². The average molecular weight is 491 g/mol. The number of nitrogens with one attached hydrogen (secondary N) is 2. The Morgan fingerprint density at radius 1 is 1.22 bits per heavy atom. The molecule has 0 saturated carbocycles. The van der Waals surface area contributed by atoms with Gasteiger partial charge in [0.25, 0.3) is 5.91 Å². The Bertz CT molecular complexity index is 1320. The van der Waals surface area contributed by atoms with Gasteiger partial charge in [0.05, 0.1) is 30.7 Å². The fourth-order valence-corrected chi connectivity index (χ4v) is 4.39. The number of aromatic nitrogens is 3. The van der Waals surface area contributed by atoms with Crippen LogP contribution in [0.15, 0.2) is 42.7 Å². The number of rotatable bonds is 7. The van der Waals surface area contributed by atoms with Crippen LogP contribution in [-0.4, -0.2) is 65.6 Å². The van der Waals surface area contributed by atoms with Crippen molar-refractivity contribution in [1.82, 2.24) is 20.1 Å². The summed E-state index contributed by atoms with van der Waals surface area (Å²) in [7, 11) is 3.71. The Morgan fingerprint density at radius 3 is 2.86 bits per heavy atom. The minimum atomic E-state index is -0.773. The van der Waals surface area contributed by atoms with Gasteiger partial charge in [-0.1, -0.05) is 12.1 Å². The number of ether oxygens (including phenoxy) is 2. The van der Waals surface area contributed by atoms with Gasteiger partial charge in [0.1, 0.15) is 12.1 Å². The van der Waals surface area contributed by atoms with Crippen molar-refractivity contribution in [2.75, 3.05) is 42.8 Å². The maximum absolute atomic E-state index is 12.9. The Morgan fingerprint density at radius 2 is 2.06 bits per heavy atom. The summed E-state index contributed by atoms with van der Waals surface area (Å²) in [6.45, 7) is 2.08. The molecular weight excluding hydrogens is 464 g/mol. The van der Waals surface area contributed by atoms with Crippen LogP contribution in [0.5, 0.6) is 5.75 Å². The van der Waals surface area contributed by atoms with Crippen molar-refractivity contribution in [2.24, 2.45) is 5.73 Å². The molecule has 186 valence electrons. The number of likely N-dealkylation sites (N-methyl/N-ethyl adjacent to an activating group) is 1. The van der Waals surface area contributed by atoms with E-state index in [-0.39, 0.29) is 18.1 Å². The van der Waals surface area contributed by atoms with Crippen LogP contribution in [0.3, 0.4) is 0 Å². The molecule has 4 N–H and O–H groups in total. The minimum Gasteiger partial charge on any atom is -0.495 e. The topological polar surface area (TPSA) is 148 Å². The summed E-state index contributed by atoms with van der Waals surface area (Å²) < 4.78 is 11.2. The highest BCUT2D eigenvalue weighted by molar-refractivity contribution is 5.98. The lowest BCUT2D eigenvalue weighted by molar-refractivity contribution is 0.0995. The molecule has 1 unspecified atom stereocenters. The molecule has 2 aliphatic rings. The van der Waals surface area contributed by atoms with Gasteiger partial charge < -0.3 is 30.7 Å². The van der Waals surface area contributed by atoms with Crippen LogP contribution in [0.25, 0.3) is 0 Å². The molecule has 3 heterocycles. The molecule has 0 radical (unpaired) electrons. The summed E-state index contributed by atoms with van der Waals surface area (Å²) in [5, 5.41) is 13.7. The van der Waals surface area contributed by atoms with E-state index in [1.165, 1.54) is 22.4 Å². The van der Waals surface area contributed by atoms with Gasteiger partial charge in [0, 0.05) is 13.1 Å². The Hall–Kier alpha value is -4.45. The van der Waals surface area contributed by atoms with E-state index in [4.69, 9.17) is 15.2 Å². The van der Waals surface area contributed by atoms with Crippen molar-refractivity contribution in [3.05, 3.63) is 59.5 Å². The number of carbonyl (C=O) groups is 2. The van der Waals surface area contributed by atoms with E-state index < -0.39 is 18.2 Å². The van der Waals surface area contributed by atoms with Gasteiger partial charge >= 0.3 is 6.09 Å². The van der Waals surface area contributed by atoms with Crippen LogP contribution < -0.4 is 26.0 Å². The molecule has 5 rings (SSSR count). The average Bonchev–Trinajstić information content (AvgIpc) is 3.23. The van der Waals surface area contributed by atoms with Crippen LogP contribution in [0, 0.1) is 0 Å². The van der Waals surface area contributed by atoms with E-state index in [1.54, 1.807) is 31.4 Å². The number of hydrogen-bond donors (Lipinski definition) is 3. The zero-order valence-corrected chi connectivity index (χ0v) is 19.9. The van der Waals surface area contributed by atoms with Gasteiger partial charge in [0.2, 0.25) is 0 Å². The first kappa shape index (κ1) is 23.3. The number of nitrogens with zero attached hydrogens (tertiary/aromatic N) is 5. The lowest BCUT2D eigenvalue weighted by Gasteiger charge is -2.27. The number of anilines is 4. The van der Waals surface area contributed by atoms with Crippen LogP contribution in [0.4, 0.5) is 27.7 Å². The number of para-hydroxylation sites is 2. The smallest absolute Gasteiger partial charge is 0.416 e. The molecule has 2 aliphatic heterocycles. The second-order valence-electron chi connectivity index (χ2n) is 8.60. The van der Waals surface area contributed by atoms with Crippen LogP contribution in [0.2, 0.25) is 0 Å². The van der Waals surface area contributed by atoms with Crippen LogP contribution in [-0.2, 0) is 17.7 Å². The fraction of sp³-hybridized carbons (Fsp3) is 0.292. The summed E-state index contributed by atoms with van der Waals surface area (Å²) in [5.41, 5.74) is 9.57. The summed E-state index contributed by atoms with van der Waals surface area (Å²) in [4.78, 5) is 32.4. The predicted molar refractivity (Wildman–Crippen MR) is 132 cm³/mol. The van der Waals surface area contributed by atoms with E-state index >= 15 is 0 Å². The number of carbonyl (C=O) groups excluding carboxylic acids is 2. The Balaban J connectivity index is 1.37. The first-order valence-electron chi connectivity index (χ1n) is 11.4. The zero-order valence-electron chi connectivity index (χ0n) is 19.9. The lowest BCUT2D eigenvalue weighted by atomic mass is 9.98. The lowest BCUT2D eigenvalue weighted by Crippen LogP contribution is -2.29. The van der Waals surface area contributed by atoms with Crippen molar-refractivity contribution >= 4 is 34.9 Å². The van der Waals surface area contributed by atoms with E-state index in [0.29, 0.717) is 17.1 Å². The highest BCUT2D eigenvalue weighted by atomic mass is 16.6. The van der Waals surface area contributed by atoms with Crippen molar-refractivity contribution < 1.29 is 19.1 Å². The molecule has 0 spiro atoms. The summed E-state index contributed by atoms with van der Waals surface area (Å²) in [6, 6.07) is 11.2. The quantitative estimate of drug-likeness (QED) is 0.450. The monoisotopic (exact) mass is 490 g/mol. The van der Waals surface area contributed by atoms with E-state index in [2.05, 4.69) is 43.8 Å². The molecule has 2 amide bonds. The molecule has 36 heavy (non-hydrogen) atoms. The first-order chi connectivity index (χ1) is 17.4. The number of benzene rings is 2. The van der Waals surface area contributed by atoms with E-state index in [9.17, 15) is 9.59 Å². The highest BCUT2D eigenvalue weighted by Crippen LogP contribution is 2.35. The Kier molecular flexibility index (Phi) is 6.25. The largest absolute Gasteiger partial charge is 0.495 e. The molecule has 0 aliphatic carbocycles. The minimum absolute atomic E-state index is 0.110. The maximum Gasteiger partial charge on any atom is 0.416 e. The third-order valence-electron chi connectivity index (χ3n) is 6.16. The molecule has 3 aromatic rings. The Labute approximate surface area is 207 Å². The van der Waals surface area contributed by atoms with Crippen molar-refractivity contribution in [3.8, 4) is 5.75 Å². The maximum atomic E-state index is 12.9. The van der Waals surface area contributed by atoms with E-state index in [0.717, 1.165) is 25.2 Å². The predicted octanol–water partition coefficient (Wildman–Crippen LogP) is 2.11. The molecule has 12 nitrogen and oxygen atoms in total. The molecule has 1 fully saturated rings. The standard InChI is InChI=1S/C24H26N8O4/c1-31-8-7-14-10-19(35-2)17(9-15(14)11-31)28-20-12-32(24(34)36-20)18-6-4-3-5-16(18)29-23-21(22(25)33)30-27-13-26-23/h3-6,9-10,13,20,28H,7-8,11-12H2,1-2H3,(H2,25,33)(H,26,27,29). The SMILES string of the molecule is COc1cc2c(cc1NC1CN(c3ccccc3Nc3ncnnc3C(N)=O)C(=O)O1)CN(C)CC2. The molecule has 12 heteroatoms. The van der Waals surface area contributed by atoms with Crippen molar-refractivity contribution in [2.45, 2.75) is 19.2 Å². The van der Waals surface area contributed by atoms with Gasteiger partial charge in [-0.25, -0.2) is 9.78 Å². The molecule has 1 atom stereocenters. The third-order valence-corrected chi connectivity index (χ3v) is 6.16. The van der Waals surface area contributed by atoms with Crippen LogP contribution in [0.1, 0.15) is 21.6 Å². The van der Waals surface area contributed by atoms with Gasteiger partial charge in [-0.2, -0.15) is 0 Å². The summed E-state index contributed by atoms with van der Waals surface area (Å²) in [5.74, 6) is 0.0617. The number of hydrogen-bond acceptors (Lipinski definition) is 10. The number of fused-ring (bicyclic) bond motifs is 1. The van der Waals surface area contributed by atoms with Gasteiger partial charge in [-0.15, -0.1) is 10.2 Å². The molecule has 2 aromatic carbocycles. The third kappa shape index (κ3) is 4.58. The normalized spacial score (nSPS) is 17.3. The fourth-order valence-electron chi connectivity index (χ4n) is 4.39. The van der Waals surface area contributed by atoms with Crippen molar-refractivity contribution in [1.29, 1.82) is 0 Å². The van der Waals surface area contributed by atoms with Crippen LogP contribution >= 0.6 is 0 Å². The molecule has 1 saturated heterocycles. The van der Waals surface area contributed by atoms with E-state index in [1.807, 2.05) is 6.07 Å². The number of methoxy groups -OCH3 is 1. The van der Waals surface area contributed by atoms with Gasteiger partial charge in [-0.3, -0.25) is 9.69 Å². The van der Waals surface area contributed by atoms with Gasteiger partial charge in [0.15, 0.2) is 17.7 Å². The number of nitrogens with two attached hydrogens (primary N) is 1.